The van der Waals surface area contributed by atoms with Gasteiger partial charge in [-0.25, -0.2) is 0 Å². The Bertz CT molecular complexity index is 473. The topological polar surface area (TPSA) is 49.9 Å². The van der Waals surface area contributed by atoms with E-state index in [1.54, 1.807) is 15.7 Å². The van der Waals surface area contributed by atoms with E-state index in [1.807, 2.05) is 0 Å². The number of hydrogen-bond donors (Lipinski definition) is 0. The van der Waals surface area contributed by atoms with Gasteiger partial charge >= 0.3 is 0 Å². The van der Waals surface area contributed by atoms with Crippen LogP contribution in [0, 0.1) is 17.8 Å². The fourth-order valence-corrected chi connectivity index (χ4v) is 5.78. The second-order valence-electron chi connectivity index (χ2n) is 6.61. The highest BCUT2D eigenvalue weighted by atomic mass is 32.2. The van der Waals surface area contributed by atoms with Crippen molar-refractivity contribution >= 4 is 10.2 Å². The fourth-order valence-electron chi connectivity index (χ4n) is 3.93. The molecule has 0 aromatic heterocycles. The van der Waals surface area contributed by atoms with Gasteiger partial charge in [0, 0.05) is 33.3 Å². The Balaban J connectivity index is 1.66. The van der Waals surface area contributed by atoms with E-state index in [0.29, 0.717) is 50.5 Å². The number of nitrogens with zero attached hydrogens (tertiary/aromatic N) is 2. The molecule has 2 heterocycles. The summed E-state index contributed by atoms with van der Waals surface area (Å²) in [5.41, 5.74) is 0. The van der Waals surface area contributed by atoms with E-state index in [4.69, 9.17) is 4.74 Å². The molecule has 6 heteroatoms. The van der Waals surface area contributed by atoms with Crippen LogP contribution < -0.4 is 0 Å². The highest BCUT2D eigenvalue weighted by molar-refractivity contribution is 7.86. The van der Waals surface area contributed by atoms with Crippen molar-refractivity contribution in [3.05, 3.63) is 12.2 Å². The molecule has 1 unspecified atom stereocenters. The minimum atomic E-state index is -3.29. The van der Waals surface area contributed by atoms with Crippen LogP contribution in [0.5, 0.6) is 0 Å². The molecule has 2 aliphatic heterocycles. The van der Waals surface area contributed by atoms with E-state index in [9.17, 15) is 8.42 Å². The molecule has 1 aliphatic carbocycles. The van der Waals surface area contributed by atoms with E-state index in [-0.39, 0.29) is 0 Å². The molecule has 0 spiro atoms. The highest BCUT2D eigenvalue weighted by Crippen LogP contribution is 2.35. The Kier molecular flexibility index (Phi) is 4.69. The van der Waals surface area contributed by atoms with Crippen molar-refractivity contribution in [3.63, 3.8) is 0 Å². The Morgan fingerprint density at radius 1 is 1.10 bits per heavy atom. The summed E-state index contributed by atoms with van der Waals surface area (Å²) in [7, 11) is -1.60. The number of piperidine rings is 1. The van der Waals surface area contributed by atoms with Crippen LogP contribution in [0.3, 0.4) is 0 Å². The molecule has 0 amide bonds. The summed E-state index contributed by atoms with van der Waals surface area (Å²) in [4.78, 5) is 0. The van der Waals surface area contributed by atoms with Crippen LogP contribution in [0.2, 0.25) is 0 Å². The molecule has 3 atom stereocenters. The number of hydrogen-bond acceptors (Lipinski definition) is 3. The number of methoxy groups -OCH3 is 1. The van der Waals surface area contributed by atoms with Crippen molar-refractivity contribution in [1.82, 2.24) is 8.61 Å². The van der Waals surface area contributed by atoms with Gasteiger partial charge in [0.1, 0.15) is 0 Å². The van der Waals surface area contributed by atoms with Gasteiger partial charge in [-0.15, -0.1) is 0 Å². The largest absolute Gasteiger partial charge is 0.384 e. The molecule has 21 heavy (non-hydrogen) atoms. The Labute approximate surface area is 128 Å². The van der Waals surface area contributed by atoms with Gasteiger partial charge in [-0.05, 0) is 43.4 Å². The van der Waals surface area contributed by atoms with Crippen molar-refractivity contribution in [2.24, 2.45) is 17.8 Å². The average Bonchev–Trinajstić information content (AvgIpc) is 2.92. The van der Waals surface area contributed by atoms with E-state index in [2.05, 4.69) is 12.2 Å². The van der Waals surface area contributed by atoms with Crippen LogP contribution in [0.1, 0.15) is 25.7 Å². The normalized spacial score (nSPS) is 35.0. The zero-order chi connectivity index (χ0) is 14.9. The number of fused-ring (bicyclic) bond motifs is 1. The minimum absolute atomic E-state index is 0.338. The van der Waals surface area contributed by atoms with E-state index in [0.717, 1.165) is 25.7 Å². The summed E-state index contributed by atoms with van der Waals surface area (Å²) in [5, 5.41) is 0. The summed E-state index contributed by atoms with van der Waals surface area (Å²) in [6, 6.07) is 0. The molecule has 0 saturated carbocycles. The summed E-state index contributed by atoms with van der Waals surface area (Å²) in [5.74, 6) is 1.37. The zero-order valence-corrected chi connectivity index (χ0v) is 13.6. The van der Waals surface area contributed by atoms with Crippen LogP contribution in [0.25, 0.3) is 0 Å². The molecule has 3 aliphatic rings. The third kappa shape index (κ3) is 3.18. The fraction of sp³-hybridized carbons (Fsp3) is 0.867. The highest BCUT2D eigenvalue weighted by Gasteiger charge is 2.41. The molecule has 0 aromatic carbocycles. The monoisotopic (exact) mass is 314 g/mol. The molecule has 3 rings (SSSR count). The standard InChI is InChI=1S/C15H26N2O3S/c1-20-12-13-5-4-8-16(9-13)21(18,19)17-10-14-6-2-3-7-15(14)11-17/h2-3,13-15H,4-12H2,1H3/t13?,14-,15+. The Morgan fingerprint density at radius 2 is 1.76 bits per heavy atom. The number of ether oxygens (including phenoxy) is 1. The third-order valence-electron chi connectivity index (χ3n) is 5.12. The lowest BCUT2D eigenvalue weighted by molar-refractivity contribution is 0.116. The van der Waals surface area contributed by atoms with Crippen molar-refractivity contribution in [1.29, 1.82) is 0 Å². The van der Waals surface area contributed by atoms with Crippen LogP contribution >= 0.6 is 0 Å². The number of rotatable bonds is 4. The van der Waals surface area contributed by atoms with Crippen molar-refractivity contribution in [2.75, 3.05) is 39.9 Å². The maximum atomic E-state index is 12.9. The molecule has 0 N–H and O–H groups in total. The quantitative estimate of drug-likeness (QED) is 0.739. The number of allylic oxidation sites excluding steroid dienone is 2. The van der Waals surface area contributed by atoms with Crippen LogP contribution in [-0.2, 0) is 14.9 Å². The van der Waals surface area contributed by atoms with Crippen molar-refractivity contribution in [2.45, 2.75) is 25.7 Å². The van der Waals surface area contributed by atoms with E-state index < -0.39 is 10.2 Å². The molecule has 120 valence electrons. The van der Waals surface area contributed by atoms with Crippen molar-refractivity contribution in [3.8, 4) is 0 Å². The molecule has 0 bridgehead atoms. The smallest absolute Gasteiger partial charge is 0.282 e. The van der Waals surface area contributed by atoms with Gasteiger partial charge in [-0.3, -0.25) is 0 Å². The molecule has 0 aromatic rings. The third-order valence-corrected chi connectivity index (χ3v) is 7.06. The van der Waals surface area contributed by atoms with Crippen LogP contribution in [0.4, 0.5) is 0 Å². The Hall–Kier alpha value is -0.430. The first-order chi connectivity index (χ1) is 10.1. The Morgan fingerprint density at radius 3 is 2.38 bits per heavy atom. The molecular formula is C15H26N2O3S. The lowest BCUT2D eigenvalue weighted by Gasteiger charge is -2.34. The molecule has 2 saturated heterocycles. The second-order valence-corrected chi connectivity index (χ2v) is 8.54. The second kappa shape index (κ2) is 6.36. The molecule has 5 nitrogen and oxygen atoms in total. The van der Waals surface area contributed by atoms with Gasteiger partial charge in [-0.2, -0.15) is 17.0 Å². The summed E-state index contributed by atoms with van der Waals surface area (Å²) >= 11 is 0. The van der Waals surface area contributed by atoms with E-state index in [1.165, 1.54) is 0 Å². The maximum Gasteiger partial charge on any atom is 0.282 e. The average molecular weight is 314 g/mol. The van der Waals surface area contributed by atoms with Gasteiger partial charge < -0.3 is 4.74 Å². The summed E-state index contributed by atoms with van der Waals surface area (Å²) < 4.78 is 34.4. The molecular weight excluding hydrogens is 288 g/mol. The summed E-state index contributed by atoms with van der Waals surface area (Å²) in [6.07, 6.45) is 8.47. The molecule has 2 fully saturated rings. The molecule has 0 radical (unpaired) electrons. The van der Waals surface area contributed by atoms with E-state index >= 15 is 0 Å². The van der Waals surface area contributed by atoms with Crippen LogP contribution in [0.15, 0.2) is 12.2 Å². The van der Waals surface area contributed by atoms with Gasteiger partial charge in [0.2, 0.25) is 0 Å². The first-order valence-corrected chi connectivity index (χ1v) is 9.40. The van der Waals surface area contributed by atoms with Gasteiger partial charge in [0.05, 0.1) is 6.61 Å². The lowest BCUT2D eigenvalue weighted by atomic mass is 9.86. The minimum Gasteiger partial charge on any atom is -0.384 e. The maximum absolute atomic E-state index is 12.9. The predicted molar refractivity (Wildman–Crippen MR) is 82.0 cm³/mol. The zero-order valence-electron chi connectivity index (χ0n) is 12.8. The van der Waals surface area contributed by atoms with Crippen LogP contribution in [-0.4, -0.2) is 56.9 Å². The SMILES string of the molecule is COCC1CCCN(S(=O)(=O)N2C[C@H]3CC=CC[C@H]3C2)C1. The predicted octanol–water partition coefficient (Wildman–Crippen LogP) is 1.49. The van der Waals surface area contributed by atoms with Gasteiger partial charge in [0.15, 0.2) is 0 Å². The van der Waals surface area contributed by atoms with Gasteiger partial charge in [0.25, 0.3) is 10.2 Å². The van der Waals surface area contributed by atoms with Crippen molar-refractivity contribution < 1.29 is 13.2 Å². The first-order valence-electron chi connectivity index (χ1n) is 8.00. The first kappa shape index (κ1) is 15.5. The summed E-state index contributed by atoms with van der Waals surface area (Å²) in [6.45, 7) is 3.32. The lowest BCUT2D eigenvalue weighted by Crippen LogP contribution is -2.48. The van der Waals surface area contributed by atoms with Gasteiger partial charge in [-0.1, -0.05) is 12.2 Å².